The average molecular weight is 707 g/mol. The summed E-state index contributed by atoms with van der Waals surface area (Å²) in [5.41, 5.74) is 0.956. The van der Waals surface area contributed by atoms with Crippen molar-refractivity contribution in [2.75, 3.05) is 39.4 Å². The van der Waals surface area contributed by atoms with Crippen molar-refractivity contribution in [1.29, 1.82) is 0 Å². The van der Waals surface area contributed by atoms with Gasteiger partial charge in [-0.25, -0.2) is 4.79 Å². The Morgan fingerprint density at radius 2 is 1.53 bits per heavy atom. The first kappa shape index (κ1) is 35.2. The molecule has 0 N–H and O–H groups in total. The van der Waals surface area contributed by atoms with E-state index in [0.717, 1.165) is 29.7 Å². The van der Waals surface area contributed by atoms with E-state index in [1.165, 1.54) is 0 Å². The van der Waals surface area contributed by atoms with Crippen LogP contribution in [0.25, 0.3) is 0 Å². The van der Waals surface area contributed by atoms with E-state index in [1.54, 1.807) is 11.1 Å². The number of benzene rings is 2. The van der Waals surface area contributed by atoms with Gasteiger partial charge in [0.05, 0.1) is 12.2 Å². The molecule has 0 spiro atoms. The molecular formula is C38H45Cl2N5O4. The summed E-state index contributed by atoms with van der Waals surface area (Å²) in [5.74, 6) is 1.06. The minimum Gasteiger partial charge on any atom is -0.493 e. The number of aromatic nitrogens is 1. The summed E-state index contributed by atoms with van der Waals surface area (Å²) in [6.45, 7) is 15.0. The summed E-state index contributed by atoms with van der Waals surface area (Å²) in [6.07, 6.45) is 3.00. The normalized spacial score (nSPS) is 24.3. The number of piperazine rings is 1. The first-order valence-corrected chi connectivity index (χ1v) is 17.8. The number of halogens is 2. The zero-order valence-electron chi connectivity index (χ0n) is 29.1. The second-order valence-electron chi connectivity index (χ2n) is 14.3. The van der Waals surface area contributed by atoms with Crippen molar-refractivity contribution >= 4 is 41.0 Å². The Bertz CT molecular complexity index is 1730. The van der Waals surface area contributed by atoms with Crippen LogP contribution in [0.3, 0.4) is 0 Å². The molecule has 6 rings (SSSR count). The lowest BCUT2D eigenvalue weighted by molar-refractivity contribution is -0.142. The maximum atomic E-state index is 15.2. The van der Waals surface area contributed by atoms with Crippen LogP contribution in [0, 0.1) is 0 Å². The molecule has 11 heteroatoms. The molecule has 0 aliphatic carbocycles. The molecule has 3 amide bonds. The Morgan fingerprint density at radius 1 is 0.939 bits per heavy atom. The molecule has 49 heavy (non-hydrogen) atoms. The van der Waals surface area contributed by atoms with Crippen molar-refractivity contribution in [3.63, 3.8) is 0 Å². The fourth-order valence-electron chi connectivity index (χ4n) is 7.09. The zero-order chi connectivity index (χ0) is 35.1. The molecule has 0 bridgehead atoms. The van der Waals surface area contributed by atoms with E-state index in [1.807, 2.05) is 85.2 Å². The molecule has 260 valence electrons. The molecule has 3 aromatic rings. The van der Waals surface area contributed by atoms with Crippen LogP contribution < -0.4 is 4.74 Å². The van der Waals surface area contributed by atoms with E-state index in [4.69, 9.17) is 42.7 Å². The third-order valence-electron chi connectivity index (χ3n) is 10.2. The first-order valence-electron chi connectivity index (χ1n) is 17.0. The van der Waals surface area contributed by atoms with Gasteiger partial charge in [0.1, 0.15) is 28.8 Å². The summed E-state index contributed by atoms with van der Waals surface area (Å²) >= 11 is 12.8. The fourth-order valence-corrected chi connectivity index (χ4v) is 7.34. The van der Waals surface area contributed by atoms with Crippen molar-refractivity contribution < 1.29 is 19.1 Å². The van der Waals surface area contributed by atoms with Crippen LogP contribution in [-0.2, 0) is 26.0 Å². The first-order chi connectivity index (χ1) is 23.3. The number of amides is 3. The van der Waals surface area contributed by atoms with E-state index >= 15 is 4.79 Å². The SMILES string of the molecule is CCOc1cc(C(C)(C)C)ncc1C1=N[C@@](C)(c2ccc(Cl)cc2)[C@@](C)(c2ccc(Cl)cc2)N1C(=O)N1CCN(C(=O)C2CCCO2)CC1. The Labute approximate surface area is 299 Å². The Morgan fingerprint density at radius 3 is 2.08 bits per heavy atom. The summed E-state index contributed by atoms with van der Waals surface area (Å²) in [6, 6.07) is 16.9. The molecular weight excluding hydrogens is 661 g/mol. The summed E-state index contributed by atoms with van der Waals surface area (Å²) < 4.78 is 11.9. The van der Waals surface area contributed by atoms with Crippen LogP contribution in [0.5, 0.6) is 5.75 Å². The molecule has 9 nitrogen and oxygen atoms in total. The maximum Gasteiger partial charge on any atom is 0.326 e. The highest BCUT2D eigenvalue weighted by atomic mass is 35.5. The predicted molar refractivity (Wildman–Crippen MR) is 193 cm³/mol. The van der Waals surface area contributed by atoms with E-state index < -0.39 is 17.2 Å². The Kier molecular flexibility index (Phi) is 9.74. The van der Waals surface area contributed by atoms with E-state index in [-0.39, 0.29) is 17.4 Å². The minimum atomic E-state index is -1.05. The fraction of sp³-hybridized carbons (Fsp3) is 0.474. The predicted octanol–water partition coefficient (Wildman–Crippen LogP) is 7.42. The van der Waals surface area contributed by atoms with Crippen LogP contribution in [0.4, 0.5) is 4.79 Å². The van der Waals surface area contributed by atoms with Gasteiger partial charge in [-0.15, -0.1) is 0 Å². The molecule has 3 aliphatic heterocycles. The third kappa shape index (κ3) is 6.41. The van der Waals surface area contributed by atoms with Gasteiger partial charge in [-0.05, 0) is 69.0 Å². The maximum absolute atomic E-state index is 15.2. The highest BCUT2D eigenvalue weighted by molar-refractivity contribution is 6.30. The number of carbonyl (C=O) groups is 2. The lowest BCUT2D eigenvalue weighted by atomic mass is 9.71. The van der Waals surface area contributed by atoms with E-state index in [2.05, 4.69) is 20.8 Å². The van der Waals surface area contributed by atoms with Crippen LogP contribution >= 0.6 is 23.2 Å². The largest absolute Gasteiger partial charge is 0.493 e. The molecule has 3 atom stereocenters. The van der Waals surface area contributed by atoms with Crippen LogP contribution in [0.2, 0.25) is 10.0 Å². The molecule has 1 aromatic heterocycles. The lowest BCUT2D eigenvalue weighted by Crippen LogP contribution is -2.61. The number of urea groups is 1. The van der Waals surface area contributed by atoms with Crippen molar-refractivity contribution in [3.05, 3.63) is 93.2 Å². The monoisotopic (exact) mass is 705 g/mol. The molecule has 4 heterocycles. The van der Waals surface area contributed by atoms with Gasteiger partial charge in [0.15, 0.2) is 0 Å². The van der Waals surface area contributed by atoms with E-state index in [9.17, 15) is 4.79 Å². The van der Waals surface area contributed by atoms with Crippen LogP contribution in [0.15, 0.2) is 65.8 Å². The Hall–Kier alpha value is -3.66. The number of nitrogens with zero attached hydrogens (tertiary/aromatic N) is 5. The molecule has 2 aromatic carbocycles. The van der Waals surface area contributed by atoms with Gasteiger partial charge < -0.3 is 19.3 Å². The van der Waals surface area contributed by atoms with Gasteiger partial charge in [-0.1, -0.05) is 68.2 Å². The lowest BCUT2D eigenvalue weighted by Gasteiger charge is -2.47. The van der Waals surface area contributed by atoms with Crippen molar-refractivity contribution in [1.82, 2.24) is 19.7 Å². The number of amidine groups is 1. The number of hydrogen-bond donors (Lipinski definition) is 0. The van der Waals surface area contributed by atoms with Crippen LogP contribution in [0.1, 0.15) is 76.8 Å². The van der Waals surface area contributed by atoms with Gasteiger partial charge >= 0.3 is 6.03 Å². The average Bonchev–Trinajstić information content (AvgIpc) is 3.70. The molecule has 2 fully saturated rings. The van der Waals surface area contributed by atoms with Gasteiger partial charge in [0.2, 0.25) is 0 Å². The quantitative estimate of drug-likeness (QED) is 0.266. The van der Waals surface area contributed by atoms with Gasteiger partial charge in [0.25, 0.3) is 5.91 Å². The van der Waals surface area contributed by atoms with Crippen molar-refractivity contribution in [3.8, 4) is 5.75 Å². The summed E-state index contributed by atoms with van der Waals surface area (Å²) in [5, 5.41) is 1.19. The second-order valence-corrected chi connectivity index (χ2v) is 15.1. The zero-order valence-corrected chi connectivity index (χ0v) is 30.6. The standard InChI is InChI=1S/C38H45Cl2N5O4/c1-7-48-31-23-32(36(2,3)4)41-24-29(31)33-42-37(5,25-10-14-27(39)15-11-25)38(6,26-12-16-28(40)17-13-26)45(33)35(47)44-20-18-43(19-21-44)34(46)30-9-8-22-49-30/h10-17,23-24,30H,7-9,18-22H2,1-6H3/t30?,37-,38+/m0/s1. The molecule has 2 saturated heterocycles. The number of pyridine rings is 1. The molecule has 1 unspecified atom stereocenters. The van der Waals surface area contributed by atoms with E-state index in [0.29, 0.717) is 66.6 Å². The highest BCUT2D eigenvalue weighted by Crippen LogP contribution is 2.54. The number of aliphatic imine (C=N–C) groups is 1. The van der Waals surface area contributed by atoms with Crippen LogP contribution in [-0.4, -0.2) is 83.0 Å². The topological polar surface area (TPSA) is 87.6 Å². The summed E-state index contributed by atoms with van der Waals surface area (Å²) in [7, 11) is 0. The number of ether oxygens (including phenoxy) is 2. The smallest absolute Gasteiger partial charge is 0.326 e. The Balaban J connectivity index is 1.49. The molecule has 3 aliphatic rings. The van der Waals surface area contributed by atoms with Crippen molar-refractivity contribution in [2.45, 2.75) is 77.0 Å². The van der Waals surface area contributed by atoms with Crippen molar-refractivity contribution in [2.24, 2.45) is 4.99 Å². The molecule has 0 radical (unpaired) electrons. The molecule has 0 saturated carbocycles. The minimum absolute atomic E-state index is 0.000655. The number of hydrogen-bond acceptors (Lipinski definition) is 6. The second kappa shape index (κ2) is 13.6. The van der Waals surface area contributed by atoms with Gasteiger partial charge in [0, 0.05) is 66.2 Å². The van der Waals surface area contributed by atoms with Gasteiger partial charge in [-0.2, -0.15) is 0 Å². The summed E-state index contributed by atoms with van der Waals surface area (Å²) in [4.78, 5) is 44.1. The number of rotatable bonds is 6. The number of carbonyl (C=O) groups excluding carboxylic acids is 2. The van der Waals surface area contributed by atoms with Gasteiger partial charge in [-0.3, -0.25) is 19.7 Å². The highest BCUT2D eigenvalue weighted by Gasteiger charge is 2.60. The third-order valence-corrected chi connectivity index (χ3v) is 10.7.